The lowest BCUT2D eigenvalue weighted by Crippen LogP contribution is -2.49. The fourth-order valence-corrected chi connectivity index (χ4v) is 3.32. The molecule has 1 aromatic heterocycles. The van der Waals surface area contributed by atoms with E-state index in [4.69, 9.17) is 9.84 Å². The van der Waals surface area contributed by atoms with Crippen molar-refractivity contribution < 1.29 is 19.4 Å². The maximum Gasteiger partial charge on any atom is 0.328 e. The van der Waals surface area contributed by atoms with Crippen molar-refractivity contribution in [3.8, 4) is 0 Å². The van der Waals surface area contributed by atoms with Crippen LogP contribution >= 0.6 is 11.3 Å². The van der Waals surface area contributed by atoms with Gasteiger partial charge in [-0.15, -0.1) is 11.3 Å². The van der Waals surface area contributed by atoms with Gasteiger partial charge in [-0.3, -0.25) is 0 Å². The third kappa shape index (κ3) is 3.49. The molecule has 1 aliphatic carbocycles. The van der Waals surface area contributed by atoms with Crippen molar-refractivity contribution in [3.63, 3.8) is 0 Å². The number of ether oxygens (including phenoxy) is 1. The number of nitrogens with one attached hydrogen (secondary N) is 2. The Kier molecular flexibility index (Phi) is 4.97. The first kappa shape index (κ1) is 14.8. The number of hydrogen-bond acceptors (Lipinski definition) is 4. The second-order valence-electron chi connectivity index (χ2n) is 4.71. The molecule has 0 fully saturated rings. The number of carbonyl (C=O) groups is 2. The lowest BCUT2D eigenvalue weighted by molar-refractivity contribution is -0.140. The molecule has 2 amide bonds. The van der Waals surface area contributed by atoms with E-state index in [9.17, 15) is 9.59 Å². The first-order chi connectivity index (χ1) is 9.61. The number of aryl methyl sites for hydroxylation is 1. The Morgan fingerprint density at radius 1 is 1.60 bits per heavy atom. The average molecular weight is 298 g/mol. The fourth-order valence-electron chi connectivity index (χ4n) is 2.34. The molecule has 0 aliphatic heterocycles. The maximum absolute atomic E-state index is 11.9. The maximum atomic E-state index is 11.9. The van der Waals surface area contributed by atoms with Crippen LogP contribution in [0.5, 0.6) is 0 Å². The van der Waals surface area contributed by atoms with Gasteiger partial charge < -0.3 is 20.5 Å². The topological polar surface area (TPSA) is 87.7 Å². The van der Waals surface area contributed by atoms with E-state index < -0.39 is 18.0 Å². The van der Waals surface area contributed by atoms with E-state index in [2.05, 4.69) is 10.6 Å². The lowest BCUT2D eigenvalue weighted by Gasteiger charge is -2.24. The van der Waals surface area contributed by atoms with Gasteiger partial charge in [0, 0.05) is 12.0 Å². The van der Waals surface area contributed by atoms with E-state index in [0.717, 1.165) is 24.8 Å². The van der Waals surface area contributed by atoms with E-state index >= 15 is 0 Å². The molecule has 1 aliphatic rings. The molecule has 20 heavy (non-hydrogen) atoms. The number of aliphatic carboxylic acids is 1. The molecule has 0 radical (unpaired) electrons. The highest BCUT2D eigenvalue weighted by molar-refractivity contribution is 7.10. The van der Waals surface area contributed by atoms with E-state index in [0.29, 0.717) is 0 Å². The van der Waals surface area contributed by atoms with Crippen molar-refractivity contribution in [3.05, 3.63) is 21.9 Å². The molecule has 0 spiro atoms. The van der Waals surface area contributed by atoms with Gasteiger partial charge in [-0.25, -0.2) is 9.59 Å². The SMILES string of the molecule is COCC(NC(=O)NC1CCCc2sccc21)C(=O)O. The van der Waals surface area contributed by atoms with Crippen molar-refractivity contribution in [1.82, 2.24) is 10.6 Å². The zero-order valence-electron chi connectivity index (χ0n) is 11.2. The van der Waals surface area contributed by atoms with Gasteiger partial charge in [0.15, 0.2) is 6.04 Å². The summed E-state index contributed by atoms with van der Waals surface area (Å²) in [5.41, 5.74) is 1.15. The Balaban J connectivity index is 1.94. The summed E-state index contributed by atoms with van der Waals surface area (Å²) in [6, 6.07) is 0.472. The smallest absolute Gasteiger partial charge is 0.328 e. The van der Waals surface area contributed by atoms with Gasteiger partial charge in [-0.1, -0.05) is 0 Å². The minimum atomic E-state index is -1.11. The van der Waals surface area contributed by atoms with Crippen molar-refractivity contribution >= 4 is 23.3 Å². The molecule has 2 rings (SSSR count). The van der Waals surface area contributed by atoms with Crippen LogP contribution in [-0.4, -0.2) is 36.9 Å². The summed E-state index contributed by atoms with van der Waals surface area (Å²) < 4.78 is 4.78. The first-order valence-corrected chi connectivity index (χ1v) is 7.35. The van der Waals surface area contributed by atoms with Crippen LogP contribution in [-0.2, 0) is 16.0 Å². The Hall–Kier alpha value is -1.60. The third-order valence-electron chi connectivity index (χ3n) is 3.29. The lowest BCUT2D eigenvalue weighted by atomic mass is 9.94. The average Bonchev–Trinajstić information content (AvgIpc) is 2.87. The monoisotopic (exact) mass is 298 g/mol. The number of urea groups is 1. The van der Waals surface area contributed by atoms with Gasteiger partial charge in [0.1, 0.15) is 0 Å². The normalized spacial score (nSPS) is 18.9. The molecule has 3 N–H and O–H groups in total. The highest BCUT2D eigenvalue weighted by atomic mass is 32.1. The summed E-state index contributed by atoms with van der Waals surface area (Å²) >= 11 is 1.70. The minimum absolute atomic E-state index is 0.0398. The Morgan fingerprint density at radius 3 is 3.10 bits per heavy atom. The summed E-state index contributed by atoms with van der Waals surface area (Å²) in [5, 5.41) is 16.2. The van der Waals surface area contributed by atoms with E-state index in [1.54, 1.807) is 11.3 Å². The molecule has 1 aromatic rings. The number of hydrogen-bond donors (Lipinski definition) is 3. The number of amides is 2. The fraction of sp³-hybridized carbons (Fsp3) is 0.538. The molecular weight excluding hydrogens is 280 g/mol. The second-order valence-corrected chi connectivity index (χ2v) is 5.71. The van der Waals surface area contributed by atoms with Crippen molar-refractivity contribution in [2.45, 2.75) is 31.3 Å². The zero-order valence-corrected chi connectivity index (χ0v) is 12.0. The Bertz CT molecular complexity index is 488. The van der Waals surface area contributed by atoms with E-state index in [-0.39, 0.29) is 12.6 Å². The summed E-state index contributed by atoms with van der Waals surface area (Å²) in [7, 11) is 1.40. The molecule has 2 unspecified atom stereocenters. The largest absolute Gasteiger partial charge is 0.480 e. The van der Waals surface area contributed by atoms with Crippen LogP contribution in [0.15, 0.2) is 11.4 Å². The Labute approximate surface area is 121 Å². The molecule has 0 saturated heterocycles. The summed E-state index contributed by atoms with van der Waals surface area (Å²) in [5.74, 6) is -1.11. The minimum Gasteiger partial charge on any atom is -0.480 e. The molecule has 110 valence electrons. The standard InChI is InChI=1S/C13H18N2O4S/c1-19-7-10(12(16)17)15-13(18)14-9-3-2-4-11-8(9)5-6-20-11/h5-6,9-10H,2-4,7H2,1H3,(H,16,17)(H2,14,15,18). The molecule has 0 aromatic carbocycles. The van der Waals surface area contributed by atoms with Gasteiger partial charge in [0.2, 0.25) is 0 Å². The molecule has 0 bridgehead atoms. The van der Waals surface area contributed by atoms with Gasteiger partial charge >= 0.3 is 12.0 Å². The molecule has 0 saturated carbocycles. The number of rotatable bonds is 5. The summed E-state index contributed by atoms with van der Waals surface area (Å²) in [6.45, 7) is -0.0584. The quantitative estimate of drug-likeness (QED) is 0.769. The third-order valence-corrected chi connectivity index (χ3v) is 4.29. The highest BCUT2D eigenvalue weighted by Gasteiger charge is 2.25. The van der Waals surface area contributed by atoms with Crippen molar-refractivity contribution in [1.29, 1.82) is 0 Å². The molecular formula is C13H18N2O4S. The van der Waals surface area contributed by atoms with Gasteiger partial charge in [0.25, 0.3) is 0 Å². The summed E-state index contributed by atoms with van der Waals surface area (Å²) in [6.07, 6.45) is 2.95. The number of thiophene rings is 1. The number of carboxylic acid groups (broad SMARTS) is 1. The highest BCUT2D eigenvalue weighted by Crippen LogP contribution is 2.33. The van der Waals surface area contributed by atoms with Gasteiger partial charge in [-0.2, -0.15) is 0 Å². The number of methoxy groups -OCH3 is 1. The first-order valence-electron chi connectivity index (χ1n) is 6.47. The molecule has 6 nitrogen and oxygen atoms in total. The van der Waals surface area contributed by atoms with Crippen LogP contribution in [0.3, 0.4) is 0 Å². The van der Waals surface area contributed by atoms with Crippen LogP contribution < -0.4 is 10.6 Å². The summed E-state index contributed by atoms with van der Waals surface area (Å²) in [4.78, 5) is 24.1. The van der Waals surface area contributed by atoms with Crippen LogP contribution in [0.2, 0.25) is 0 Å². The molecule has 2 atom stereocenters. The number of carboxylic acids is 1. The van der Waals surface area contributed by atoms with Crippen LogP contribution in [0.1, 0.15) is 29.3 Å². The molecule has 1 heterocycles. The zero-order chi connectivity index (χ0) is 14.5. The van der Waals surface area contributed by atoms with Gasteiger partial charge in [-0.05, 0) is 36.3 Å². The number of carbonyl (C=O) groups excluding carboxylic acids is 1. The van der Waals surface area contributed by atoms with E-state index in [1.807, 2.05) is 11.4 Å². The van der Waals surface area contributed by atoms with E-state index in [1.165, 1.54) is 12.0 Å². The Morgan fingerprint density at radius 2 is 2.40 bits per heavy atom. The van der Waals surface area contributed by atoms with Crippen LogP contribution in [0.4, 0.5) is 4.79 Å². The predicted molar refractivity (Wildman–Crippen MR) is 75.0 cm³/mol. The van der Waals surface area contributed by atoms with Crippen molar-refractivity contribution in [2.75, 3.05) is 13.7 Å². The molecule has 7 heteroatoms. The van der Waals surface area contributed by atoms with Crippen LogP contribution in [0.25, 0.3) is 0 Å². The van der Waals surface area contributed by atoms with Gasteiger partial charge in [0.05, 0.1) is 12.6 Å². The van der Waals surface area contributed by atoms with Crippen molar-refractivity contribution in [2.24, 2.45) is 0 Å². The number of fused-ring (bicyclic) bond motifs is 1. The predicted octanol–water partition coefficient (Wildman–Crippen LogP) is 1.52. The second kappa shape index (κ2) is 6.71. The van der Waals surface area contributed by atoms with Crippen LogP contribution in [0, 0.1) is 0 Å².